The summed E-state index contributed by atoms with van der Waals surface area (Å²) in [7, 11) is 0. The first-order valence-electron chi connectivity index (χ1n) is 6.88. The van der Waals surface area contributed by atoms with Crippen LogP contribution in [0.5, 0.6) is 5.75 Å². The highest BCUT2D eigenvalue weighted by Gasteiger charge is 2.22. The Labute approximate surface area is 117 Å². The standard InChI is InChI=1S/C15H17N3O2/c1-2-20-11-8-6-10(7-9-11)16-15(19)14-12-4-3-5-13(12)17-18-14/h6-9H,2-5H2,1H3,(H,16,19)(H,17,18). The van der Waals surface area contributed by atoms with Crippen molar-refractivity contribution in [3.8, 4) is 5.75 Å². The van der Waals surface area contributed by atoms with Crippen molar-refractivity contribution in [2.75, 3.05) is 11.9 Å². The summed E-state index contributed by atoms with van der Waals surface area (Å²) >= 11 is 0. The maximum atomic E-state index is 12.2. The molecule has 1 aromatic heterocycles. The highest BCUT2D eigenvalue weighted by Crippen LogP contribution is 2.23. The molecule has 0 bridgehead atoms. The number of nitrogens with zero attached hydrogens (tertiary/aromatic N) is 1. The summed E-state index contributed by atoms with van der Waals surface area (Å²) in [5.74, 6) is 0.639. The number of carbonyl (C=O) groups is 1. The summed E-state index contributed by atoms with van der Waals surface area (Å²) in [5.41, 5.74) is 3.43. The molecule has 0 spiro atoms. The second kappa shape index (κ2) is 5.36. The van der Waals surface area contributed by atoms with Gasteiger partial charge < -0.3 is 10.1 Å². The van der Waals surface area contributed by atoms with Crippen LogP contribution in [0.3, 0.4) is 0 Å². The molecule has 20 heavy (non-hydrogen) atoms. The average molecular weight is 271 g/mol. The first-order chi connectivity index (χ1) is 9.78. The Bertz CT molecular complexity index is 617. The Morgan fingerprint density at radius 1 is 1.35 bits per heavy atom. The van der Waals surface area contributed by atoms with Gasteiger partial charge in [0.05, 0.1) is 6.61 Å². The Morgan fingerprint density at radius 3 is 2.90 bits per heavy atom. The number of benzene rings is 1. The molecule has 1 amide bonds. The molecule has 0 saturated carbocycles. The van der Waals surface area contributed by atoms with Gasteiger partial charge in [-0.15, -0.1) is 0 Å². The number of aromatic nitrogens is 2. The predicted molar refractivity (Wildman–Crippen MR) is 76.2 cm³/mol. The Balaban J connectivity index is 1.72. The first-order valence-corrected chi connectivity index (χ1v) is 6.88. The van der Waals surface area contributed by atoms with Gasteiger partial charge in [0, 0.05) is 16.9 Å². The van der Waals surface area contributed by atoms with Crippen LogP contribution in [0.15, 0.2) is 24.3 Å². The lowest BCUT2D eigenvalue weighted by molar-refractivity contribution is 0.102. The van der Waals surface area contributed by atoms with Gasteiger partial charge in [-0.2, -0.15) is 5.10 Å². The van der Waals surface area contributed by atoms with Crippen LogP contribution in [0.25, 0.3) is 0 Å². The zero-order valence-corrected chi connectivity index (χ0v) is 11.4. The summed E-state index contributed by atoms with van der Waals surface area (Å²) in [6, 6.07) is 7.34. The van der Waals surface area contributed by atoms with Crippen LogP contribution in [-0.4, -0.2) is 22.7 Å². The Hall–Kier alpha value is -2.30. The molecule has 2 N–H and O–H groups in total. The molecule has 0 atom stereocenters. The summed E-state index contributed by atoms with van der Waals surface area (Å²) in [6.07, 6.45) is 3.00. The fourth-order valence-corrected chi connectivity index (χ4v) is 2.50. The molecule has 104 valence electrons. The third kappa shape index (κ3) is 2.39. The topological polar surface area (TPSA) is 67.0 Å². The minimum atomic E-state index is -0.159. The molecular weight excluding hydrogens is 254 g/mol. The maximum absolute atomic E-state index is 12.2. The molecule has 0 saturated heterocycles. The number of ether oxygens (including phenoxy) is 1. The molecular formula is C15H17N3O2. The molecule has 2 aromatic rings. The van der Waals surface area contributed by atoms with Crippen LogP contribution >= 0.6 is 0 Å². The van der Waals surface area contributed by atoms with E-state index in [9.17, 15) is 4.79 Å². The van der Waals surface area contributed by atoms with E-state index in [0.29, 0.717) is 12.3 Å². The van der Waals surface area contributed by atoms with Crippen LogP contribution in [-0.2, 0) is 12.8 Å². The van der Waals surface area contributed by atoms with E-state index in [1.165, 1.54) is 0 Å². The maximum Gasteiger partial charge on any atom is 0.276 e. The van der Waals surface area contributed by atoms with E-state index in [2.05, 4.69) is 15.5 Å². The van der Waals surface area contributed by atoms with Crippen molar-refractivity contribution in [2.45, 2.75) is 26.2 Å². The zero-order chi connectivity index (χ0) is 13.9. The van der Waals surface area contributed by atoms with Crippen molar-refractivity contribution in [1.29, 1.82) is 0 Å². The fraction of sp³-hybridized carbons (Fsp3) is 0.333. The lowest BCUT2D eigenvalue weighted by atomic mass is 10.2. The average Bonchev–Trinajstić information content (AvgIpc) is 3.03. The van der Waals surface area contributed by atoms with E-state index in [-0.39, 0.29) is 5.91 Å². The zero-order valence-electron chi connectivity index (χ0n) is 11.4. The minimum absolute atomic E-state index is 0.159. The number of H-pyrrole nitrogens is 1. The smallest absolute Gasteiger partial charge is 0.276 e. The van der Waals surface area contributed by atoms with Gasteiger partial charge in [-0.25, -0.2) is 0 Å². The molecule has 0 aliphatic heterocycles. The number of hydrogen-bond acceptors (Lipinski definition) is 3. The SMILES string of the molecule is CCOc1ccc(NC(=O)c2n[nH]c3c2CCC3)cc1. The van der Waals surface area contributed by atoms with E-state index in [0.717, 1.165) is 42.0 Å². The molecule has 1 heterocycles. The van der Waals surface area contributed by atoms with Crippen molar-refractivity contribution >= 4 is 11.6 Å². The summed E-state index contributed by atoms with van der Waals surface area (Å²) < 4.78 is 5.37. The third-order valence-corrected chi connectivity index (χ3v) is 3.44. The molecule has 0 fully saturated rings. The van der Waals surface area contributed by atoms with Crippen molar-refractivity contribution in [2.24, 2.45) is 0 Å². The van der Waals surface area contributed by atoms with Gasteiger partial charge in [0.25, 0.3) is 5.91 Å². The predicted octanol–water partition coefficient (Wildman–Crippen LogP) is 2.55. The van der Waals surface area contributed by atoms with E-state index < -0.39 is 0 Å². The van der Waals surface area contributed by atoms with Gasteiger partial charge in [0.2, 0.25) is 0 Å². The second-order valence-electron chi connectivity index (χ2n) is 4.79. The molecule has 0 radical (unpaired) electrons. The highest BCUT2D eigenvalue weighted by atomic mass is 16.5. The van der Waals surface area contributed by atoms with Crippen molar-refractivity contribution in [1.82, 2.24) is 10.2 Å². The Morgan fingerprint density at radius 2 is 2.15 bits per heavy atom. The number of fused-ring (bicyclic) bond motifs is 1. The van der Waals surface area contributed by atoms with Crippen LogP contribution in [0.2, 0.25) is 0 Å². The summed E-state index contributed by atoms with van der Waals surface area (Å²) in [6.45, 7) is 2.57. The monoisotopic (exact) mass is 271 g/mol. The van der Waals surface area contributed by atoms with Gasteiger partial charge in [0.15, 0.2) is 5.69 Å². The number of aromatic amines is 1. The molecule has 5 nitrogen and oxygen atoms in total. The van der Waals surface area contributed by atoms with E-state index >= 15 is 0 Å². The number of rotatable bonds is 4. The van der Waals surface area contributed by atoms with E-state index in [4.69, 9.17) is 4.74 Å². The number of amides is 1. The Kier molecular flexibility index (Phi) is 3.41. The minimum Gasteiger partial charge on any atom is -0.494 e. The van der Waals surface area contributed by atoms with Crippen LogP contribution < -0.4 is 10.1 Å². The van der Waals surface area contributed by atoms with Gasteiger partial charge >= 0.3 is 0 Å². The van der Waals surface area contributed by atoms with Crippen LogP contribution in [0.1, 0.15) is 35.1 Å². The fourth-order valence-electron chi connectivity index (χ4n) is 2.50. The normalized spacial score (nSPS) is 13.1. The molecule has 3 rings (SSSR count). The van der Waals surface area contributed by atoms with Crippen molar-refractivity contribution < 1.29 is 9.53 Å². The van der Waals surface area contributed by atoms with E-state index in [1.807, 2.05) is 31.2 Å². The molecule has 5 heteroatoms. The highest BCUT2D eigenvalue weighted by molar-refractivity contribution is 6.04. The molecule has 1 aliphatic carbocycles. The van der Waals surface area contributed by atoms with Gasteiger partial charge in [-0.1, -0.05) is 0 Å². The summed E-state index contributed by atoms with van der Waals surface area (Å²) in [4.78, 5) is 12.2. The van der Waals surface area contributed by atoms with Crippen molar-refractivity contribution in [3.63, 3.8) is 0 Å². The van der Waals surface area contributed by atoms with Crippen molar-refractivity contribution in [3.05, 3.63) is 41.2 Å². The number of anilines is 1. The van der Waals surface area contributed by atoms with E-state index in [1.54, 1.807) is 0 Å². The number of hydrogen-bond donors (Lipinski definition) is 2. The first kappa shape index (κ1) is 12.7. The molecule has 0 unspecified atom stereocenters. The second-order valence-corrected chi connectivity index (χ2v) is 4.79. The molecule has 1 aromatic carbocycles. The number of carbonyl (C=O) groups excluding carboxylic acids is 1. The van der Waals surface area contributed by atoms with Crippen LogP contribution in [0.4, 0.5) is 5.69 Å². The number of aryl methyl sites for hydroxylation is 1. The largest absolute Gasteiger partial charge is 0.494 e. The van der Waals surface area contributed by atoms with Gasteiger partial charge in [-0.3, -0.25) is 9.89 Å². The quantitative estimate of drug-likeness (QED) is 0.898. The summed E-state index contributed by atoms with van der Waals surface area (Å²) in [5, 5.41) is 9.93. The third-order valence-electron chi connectivity index (χ3n) is 3.44. The lowest BCUT2D eigenvalue weighted by Crippen LogP contribution is -2.14. The number of nitrogens with one attached hydrogen (secondary N) is 2. The molecule has 1 aliphatic rings. The van der Waals surface area contributed by atoms with Crippen LogP contribution in [0, 0.1) is 0 Å². The lowest BCUT2D eigenvalue weighted by Gasteiger charge is -2.06. The van der Waals surface area contributed by atoms with Gasteiger partial charge in [0.1, 0.15) is 5.75 Å². The van der Waals surface area contributed by atoms with Gasteiger partial charge in [-0.05, 0) is 50.5 Å².